The van der Waals surface area contributed by atoms with Gasteiger partial charge in [-0.3, -0.25) is 14.3 Å². The van der Waals surface area contributed by atoms with E-state index in [4.69, 9.17) is 0 Å². The highest BCUT2D eigenvalue weighted by Gasteiger charge is 2.33. The summed E-state index contributed by atoms with van der Waals surface area (Å²) < 4.78 is 16.4. The quantitative estimate of drug-likeness (QED) is 0.350. The number of nitrogens with zero attached hydrogens (tertiary/aromatic N) is 6. The molecule has 1 unspecified atom stereocenters. The van der Waals surface area contributed by atoms with Crippen molar-refractivity contribution in [1.29, 1.82) is 0 Å². The number of halogens is 1. The number of hydrogen-bond donors (Lipinski definition) is 1. The largest absolute Gasteiger partial charge is 0.388 e. The Bertz CT molecular complexity index is 1520. The molecule has 8 nitrogen and oxygen atoms in total. The first-order chi connectivity index (χ1) is 19.9. The molecule has 0 radical (unpaired) electrons. The summed E-state index contributed by atoms with van der Waals surface area (Å²) in [6.07, 6.45) is 10.3. The summed E-state index contributed by atoms with van der Waals surface area (Å²) in [5.74, 6) is -0.241. The maximum atomic E-state index is 13.4. The molecule has 1 atom stereocenters. The van der Waals surface area contributed by atoms with Gasteiger partial charge in [0.05, 0.1) is 24.0 Å². The number of aryl methyl sites for hydroxylation is 1. The van der Waals surface area contributed by atoms with E-state index < -0.39 is 5.60 Å². The van der Waals surface area contributed by atoms with Crippen LogP contribution in [0.3, 0.4) is 0 Å². The van der Waals surface area contributed by atoms with Crippen LogP contribution in [-0.4, -0.2) is 72.6 Å². The van der Waals surface area contributed by atoms with Gasteiger partial charge in [0.15, 0.2) is 5.65 Å². The summed E-state index contributed by atoms with van der Waals surface area (Å²) in [6, 6.07) is 15.6. The molecular weight excluding hydrogens is 519 g/mol. The number of aromatic nitrogens is 4. The second kappa shape index (κ2) is 11.8. The van der Waals surface area contributed by atoms with E-state index in [0.717, 1.165) is 17.7 Å². The van der Waals surface area contributed by atoms with Crippen molar-refractivity contribution in [2.75, 3.05) is 26.7 Å². The van der Waals surface area contributed by atoms with E-state index in [-0.39, 0.29) is 17.9 Å². The Labute approximate surface area is 240 Å². The van der Waals surface area contributed by atoms with Gasteiger partial charge < -0.3 is 10.0 Å². The van der Waals surface area contributed by atoms with Crippen LogP contribution in [-0.2, 0) is 19.5 Å². The first-order valence-corrected chi connectivity index (χ1v) is 14.8. The molecule has 0 saturated carbocycles. The van der Waals surface area contributed by atoms with Crippen LogP contribution in [0.1, 0.15) is 49.7 Å². The van der Waals surface area contributed by atoms with E-state index in [0.29, 0.717) is 49.6 Å². The van der Waals surface area contributed by atoms with Gasteiger partial charge in [0.2, 0.25) is 0 Å². The third-order valence-corrected chi connectivity index (χ3v) is 8.99. The molecule has 4 heterocycles. The fourth-order valence-electron chi connectivity index (χ4n) is 6.35. The van der Waals surface area contributed by atoms with E-state index in [1.807, 2.05) is 12.1 Å². The lowest BCUT2D eigenvalue weighted by atomic mass is 9.91. The third kappa shape index (κ3) is 6.27. The Hall–Kier alpha value is -3.40. The zero-order chi connectivity index (χ0) is 28.4. The van der Waals surface area contributed by atoms with Crippen LogP contribution < -0.4 is 5.56 Å². The molecule has 41 heavy (non-hydrogen) atoms. The second-order valence-corrected chi connectivity index (χ2v) is 11.9. The molecule has 2 aliphatic heterocycles. The lowest BCUT2D eigenvalue weighted by molar-refractivity contribution is -0.0364. The van der Waals surface area contributed by atoms with Gasteiger partial charge in [-0.05, 0) is 87.5 Å². The van der Waals surface area contributed by atoms with Crippen LogP contribution in [0.5, 0.6) is 0 Å². The van der Waals surface area contributed by atoms with Gasteiger partial charge in [-0.2, -0.15) is 5.10 Å². The molecule has 2 aliphatic rings. The lowest BCUT2D eigenvalue weighted by Gasteiger charge is -2.38. The number of piperidine rings is 2. The summed E-state index contributed by atoms with van der Waals surface area (Å²) >= 11 is 0. The highest BCUT2D eigenvalue weighted by atomic mass is 19.1. The number of fused-ring (bicyclic) bond motifs is 1. The summed E-state index contributed by atoms with van der Waals surface area (Å²) in [7, 11) is 2.23. The average Bonchev–Trinajstić information content (AvgIpc) is 3.42. The summed E-state index contributed by atoms with van der Waals surface area (Å²) in [5, 5.41) is 16.2. The Morgan fingerprint density at radius 2 is 1.73 bits per heavy atom. The molecule has 216 valence electrons. The molecule has 1 N–H and O–H groups in total. The molecular formula is C32H39FN6O2. The van der Waals surface area contributed by atoms with Gasteiger partial charge in [0, 0.05) is 25.7 Å². The molecule has 9 heteroatoms. The molecule has 0 spiro atoms. The van der Waals surface area contributed by atoms with Crippen LogP contribution in [0, 0.1) is 5.82 Å². The van der Waals surface area contributed by atoms with Gasteiger partial charge >= 0.3 is 0 Å². The zero-order valence-electron chi connectivity index (χ0n) is 23.8. The zero-order valence-corrected chi connectivity index (χ0v) is 23.8. The summed E-state index contributed by atoms with van der Waals surface area (Å²) in [6.45, 7) is 3.49. The van der Waals surface area contributed by atoms with Crippen molar-refractivity contribution in [3.63, 3.8) is 0 Å². The molecule has 2 saturated heterocycles. The van der Waals surface area contributed by atoms with Crippen molar-refractivity contribution in [1.82, 2.24) is 29.1 Å². The maximum absolute atomic E-state index is 13.4. The van der Waals surface area contributed by atoms with E-state index >= 15 is 0 Å². The van der Waals surface area contributed by atoms with Gasteiger partial charge in [-0.1, -0.05) is 30.7 Å². The van der Waals surface area contributed by atoms with Gasteiger partial charge in [-0.25, -0.2) is 14.1 Å². The SMILES string of the molecule is CN1CCCCC1CCc1ccc(-n2ncc3c(=O)n(CC4(O)CCN(Cc5ccc(F)cc5)CC4)cnc32)cc1. The van der Waals surface area contributed by atoms with Crippen molar-refractivity contribution < 1.29 is 9.50 Å². The van der Waals surface area contributed by atoms with Crippen LogP contribution in [0.15, 0.2) is 65.8 Å². The van der Waals surface area contributed by atoms with Crippen LogP contribution in [0.25, 0.3) is 16.7 Å². The van der Waals surface area contributed by atoms with Gasteiger partial charge in [-0.15, -0.1) is 0 Å². The van der Waals surface area contributed by atoms with E-state index in [9.17, 15) is 14.3 Å². The highest BCUT2D eigenvalue weighted by molar-refractivity contribution is 5.74. The summed E-state index contributed by atoms with van der Waals surface area (Å²) in [4.78, 5) is 22.7. The minimum absolute atomic E-state index is 0.190. The van der Waals surface area contributed by atoms with Crippen molar-refractivity contribution >= 4 is 11.0 Å². The van der Waals surface area contributed by atoms with Crippen LogP contribution in [0.4, 0.5) is 4.39 Å². The third-order valence-electron chi connectivity index (χ3n) is 8.99. The maximum Gasteiger partial charge on any atom is 0.264 e. The van der Waals surface area contributed by atoms with Crippen molar-refractivity contribution in [2.45, 2.75) is 69.7 Å². The second-order valence-electron chi connectivity index (χ2n) is 11.9. The molecule has 6 rings (SSSR count). The van der Waals surface area contributed by atoms with E-state index in [1.54, 1.807) is 23.0 Å². The van der Waals surface area contributed by atoms with E-state index in [2.05, 4.69) is 39.1 Å². The molecule has 2 aromatic carbocycles. The molecule has 4 aromatic rings. The smallest absolute Gasteiger partial charge is 0.264 e. The highest BCUT2D eigenvalue weighted by Crippen LogP contribution is 2.26. The minimum Gasteiger partial charge on any atom is -0.388 e. The Kier molecular flexibility index (Phi) is 8.01. The van der Waals surface area contributed by atoms with Crippen LogP contribution >= 0.6 is 0 Å². The number of likely N-dealkylation sites (tertiary alicyclic amines) is 2. The number of aliphatic hydroxyl groups is 1. The average molecular weight is 559 g/mol. The van der Waals surface area contributed by atoms with Gasteiger partial charge in [0.1, 0.15) is 17.5 Å². The topological polar surface area (TPSA) is 79.4 Å². The number of benzene rings is 2. The van der Waals surface area contributed by atoms with Crippen molar-refractivity contribution in [3.05, 3.63) is 88.4 Å². The minimum atomic E-state index is -0.989. The lowest BCUT2D eigenvalue weighted by Crippen LogP contribution is -2.47. The molecule has 0 amide bonds. The molecule has 2 aromatic heterocycles. The Balaban J connectivity index is 1.09. The fourth-order valence-corrected chi connectivity index (χ4v) is 6.35. The Morgan fingerprint density at radius 3 is 2.46 bits per heavy atom. The standard InChI is InChI=1S/C32H39FN6O2/c1-36-17-3-2-4-27(36)12-7-24-8-13-28(14-9-24)39-30-29(20-35-39)31(40)38(23-34-30)22-32(41)15-18-37(19-16-32)21-25-5-10-26(33)11-6-25/h5-6,8-11,13-14,20,23,27,41H,2-4,7,12,15-19,21-22H2,1H3. The first kappa shape index (κ1) is 27.8. The molecule has 0 aliphatic carbocycles. The normalized spacial score (nSPS) is 20.0. The monoisotopic (exact) mass is 558 g/mol. The van der Waals surface area contributed by atoms with Gasteiger partial charge in [0.25, 0.3) is 5.56 Å². The summed E-state index contributed by atoms with van der Waals surface area (Å²) in [5.41, 5.74) is 2.55. The predicted octanol–water partition coefficient (Wildman–Crippen LogP) is 4.17. The van der Waals surface area contributed by atoms with Crippen molar-refractivity contribution in [3.8, 4) is 5.69 Å². The molecule has 0 bridgehead atoms. The number of rotatable bonds is 8. The molecule has 2 fully saturated rings. The van der Waals surface area contributed by atoms with E-state index in [1.165, 1.54) is 60.8 Å². The first-order valence-electron chi connectivity index (χ1n) is 14.8. The van der Waals surface area contributed by atoms with Crippen LogP contribution in [0.2, 0.25) is 0 Å². The fraction of sp³-hybridized carbons (Fsp3) is 0.469. The predicted molar refractivity (Wildman–Crippen MR) is 158 cm³/mol. The Morgan fingerprint density at radius 1 is 1.00 bits per heavy atom. The number of hydrogen-bond acceptors (Lipinski definition) is 6. The van der Waals surface area contributed by atoms with Crippen molar-refractivity contribution in [2.24, 2.45) is 0 Å².